The summed E-state index contributed by atoms with van der Waals surface area (Å²) < 4.78 is 7.27. The molecule has 0 amide bonds. The van der Waals surface area contributed by atoms with Crippen molar-refractivity contribution >= 4 is 26.7 Å². The molecule has 1 heterocycles. The molecule has 0 spiro atoms. The zero-order valence-corrected chi connectivity index (χ0v) is 12.2. The Hall–Kier alpha value is -1.20. The lowest BCUT2D eigenvalue weighted by molar-refractivity contribution is 0.185. The Balaban J connectivity index is 2.75. The molecule has 0 bridgehead atoms. The molecule has 0 saturated heterocycles. The maximum Gasteiger partial charge on any atom is 0.274 e. The summed E-state index contributed by atoms with van der Waals surface area (Å²) in [7, 11) is 1.64. The van der Waals surface area contributed by atoms with Crippen LogP contribution >= 0.6 is 15.9 Å². The van der Waals surface area contributed by atoms with E-state index in [-0.39, 0.29) is 11.6 Å². The fourth-order valence-corrected chi connectivity index (χ4v) is 2.39. The molecule has 2 aromatic rings. The number of methoxy groups -OCH3 is 1. The van der Waals surface area contributed by atoms with Crippen molar-refractivity contribution in [3.05, 3.63) is 38.7 Å². The van der Waals surface area contributed by atoms with Gasteiger partial charge >= 0.3 is 0 Å². The number of hydrogen-bond acceptors (Lipinski definition) is 3. The Kier molecular flexibility index (Phi) is 3.82. The molecule has 0 aliphatic rings. The van der Waals surface area contributed by atoms with Crippen LogP contribution in [0.3, 0.4) is 0 Å². The van der Waals surface area contributed by atoms with E-state index in [1.807, 2.05) is 32.0 Å². The van der Waals surface area contributed by atoms with E-state index in [2.05, 4.69) is 21.0 Å². The summed E-state index contributed by atoms with van der Waals surface area (Å²) in [5.74, 6) is 0. The normalized spacial score (nSPS) is 11.4. The van der Waals surface area contributed by atoms with Gasteiger partial charge in [-0.1, -0.05) is 12.1 Å². The van der Waals surface area contributed by atoms with Gasteiger partial charge in [-0.15, -0.1) is 0 Å². The van der Waals surface area contributed by atoms with Gasteiger partial charge < -0.3 is 4.74 Å². The molecule has 0 aliphatic carbocycles. The van der Waals surface area contributed by atoms with Gasteiger partial charge in [0.2, 0.25) is 0 Å². The number of ether oxygens (including phenoxy) is 1. The monoisotopic (exact) mass is 310 g/mol. The van der Waals surface area contributed by atoms with Gasteiger partial charge in [-0.2, -0.15) is 5.10 Å². The van der Waals surface area contributed by atoms with Gasteiger partial charge in [-0.3, -0.25) is 4.79 Å². The van der Waals surface area contributed by atoms with Gasteiger partial charge in [0, 0.05) is 12.5 Å². The van der Waals surface area contributed by atoms with Crippen LogP contribution in [0.4, 0.5) is 0 Å². The molecule has 0 saturated carbocycles. The maximum absolute atomic E-state index is 12.3. The molecule has 96 valence electrons. The molecule has 0 fully saturated rings. The minimum Gasteiger partial charge on any atom is -0.380 e. The van der Waals surface area contributed by atoms with Crippen LogP contribution in [0.1, 0.15) is 25.5 Å². The molecule has 0 atom stereocenters. The van der Waals surface area contributed by atoms with Crippen LogP contribution < -0.4 is 5.56 Å². The third-order valence-electron chi connectivity index (χ3n) is 2.74. The molecule has 0 unspecified atom stereocenters. The van der Waals surface area contributed by atoms with E-state index in [0.29, 0.717) is 16.6 Å². The van der Waals surface area contributed by atoms with Gasteiger partial charge in [0.1, 0.15) is 4.60 Å². The SMILES string of the molecule is COCc1ccc2c(Br)nn(C(C)C)c(=O)c2c1. The summed E-state index contributed by atoms with van der Waals surface area (Å²) in [6.07, 6.45) is 0. The summed E-state index contributed by atoms with van der Waals surface area (Å²) in [5, 5.41) is 5.76. The first-order valence-corrected chi connectivity index (χ1v) is 6.53. The first-order valence-electron chi connectivity index (χ1n) is 5.74. The predicted molar refractivity (Wildman–Crippen MR) is 74.8 cm³/mol. The van der Waals surface area contributed by atoms with Crippen LogP contribution in [-0.2, 0) is 11.3 Å². The molecule has 18 heavy (non-hydrogen) atoms. The number of fused-ring (bicyclic) bond motifs is 1. The molecule has 1 aromatic carbocycles. The van der Waals surface area contributed by atoms with E-state index in [1.165, 1.54) is 4.68 Å². The molecule has 4 nitrogen and oxygen atoms in total. The van der Waals surface area contributed by atoms with Crippen LogP contribution in [0, 0.1) is 0 Å². The van der Waals surface area contributed by atoms with Crippen molar-refractivity contribution in [2.75, 3.05) is 7.11 Å². The van der Waals surface area contributed by atoms with Crippen LogP contribution in [0.25, 0.3) is 10.8 Å². The average Bonchev–Trinajstić information content (AvgIpc) is 2.34. The first-order chi connectivity index (χ1) is 8.54. The van der Waals surface area contributed by atoms with E-state index >= 15 is 0 Å². The van der Waals surface area contributed by atoms with Gasteiger partial charge in [0.25, 0.3) is 5.56 Å². The minimum atomic E-state index is -0.0684. The van der Waals surface area contributed by atoms with Crippen molar-refractivity contribution in [2.24, 2.45) is 0 Å². The number of rotatable bonds is 3. The van der Waals surface area contributed by atoms with Gasteiger partial charge in [0.15, 0.2) is 0 Å². The maximum atomic E-state index is 12.3. The van der Waals surface area contributed by atoms with Crippen molar-refractivity contribution in [1.82, 2.24) is 9.78 Å². The first kappa shape index (κ1) is 13.2. The second-order valence-electron chi connectivity index (χ2n) is 4.45. The number of benzene rings is 1. The number of halogens is 1. The fourth-order valence-electron chi connectivity index (χ4n) is 1.87. The molecule has 0 aliphatic heterocycles. The Labute approximate surface area is 114 Å². The standard InChI is InChI=1S/C13H15BrN2O2/c1-8(2)16-13(17)11-6-9(7-18-3)4-5-10(11)12(14)15-16/h4-6,8H,7H2,1-3H3. The Morgan fingerprint density at radius 3 is 2.72 bits per heavy atom. The molecule has 2 rings (SSSR count). The van der Waals surface area contributed by atoms with Crippen molar-refractivity contribution in [3.63, 3.8) is 0 Å². The molecular formula is C13H15BrN2O2. The summed E-state index contributed by atoms with van der Waals surface area (Å²) in [6.45, 7) is 4.37. The van der Waals surface area contributed by atoms with Crippen molar-refractivity contribution in [1.29, 1.82) is 0 Å². The third kappa shape index (κ3) is 2.33. The quantitative estimate of drug-likeness (QED) is 0.875. The lowest BCUT2D eigenvalue weighted by Crippen LogP contribution is -2.25. The van der Waals surface area contributed by atoms with Crippen LogP contribution in [0.2, 0.25) is 0 Å². The molecule has 1 aromatic heterocycles. The van der Waals surface area contributed by atoms with E-state index in [4.69, 9.17) is 4.74 Å². The van der Waals surface area contributed by atoms with Crippen molar-refractivity contribution in [3.8, 4) is 0 Å². The second-order valence-corrected chi connectivity index (χ2v) is 5.20. The summed E-state index contributed by atoms with van der Waals surface area (Å²) in [6, 6.07) is 5.74. The van der Waals surface area contributed by atoms with Gasteiger partial charge in [0.05, 0.1) is 18.0 Å². The van der Waals surface area contributed by atoms with Crippen LogP contribution in [-0.4, -0.2) is 16.9 Å². The van der Waals surface area contributed by atoms with Crippen molar-refractivity contribution in [2.45, 2.75) is 26.5 Å². The molecule has 0 N–H and O–H groups in total. The second kappa shape index (κ2) is 5.20. The highest BCUT2D eigenvalue weighted by Crippen LogP contribution is 2.21. The lowest BCUT2D eigenvalue weighted by atomic mass is 10.1. The lowest BCUT2D eigenvalue weighted by Gasteiger charge is -2.11. The topological polar surface area (TPSA) is 44.1 Å². The summed E-state index contributed by atoms with van der Waals surface area (Å²) >= 11 is 3.41. The van der Waals surface area contributed by atoms with E-state index in [1.54, 1.807) is 7.11 Å². The number of nitrogens with zero attached hydrogens (tertiary/aromatic N) is 2. The highest BCUT2D eigenvalue weighted by molar-refractivity contribution is 9.10. The number of hydrogen-bond donors (Lipinski definition) is 0. The predicted octanol–water partition coefficient (Wildman–Crippen LogP) is 2.89. The average molecular weight is 311 g/mol. The van der Waals surface area contributed by atoms with E-state index < -0.39 is 0 Å². The third-order valence-corrected chi connectivity index (χ3v) is 3.33. The van der Waals surface area contributed by atoms with Crippen LogP contribution in [0.5, 0.6) is 0 Å². The van der Waals surface area contributed by atoms with E-state index in [9.17, 15) is 4.79 Å². The van der Waals surface area contributed by atoms with E-state index in [0.717, 1.165) is 10.9 Å². The zero-order valence-electron chi connectivity index (χ0n) is 10.6. The van der Waals surface area contributed by atoms with Crippen molar-refractivity contribution < 1.29 is 4.74 Å². The smallest absolute Gasteiger partial charge is 0.274 e. The number of aromatic nitrogens is 2. The molecule has 0 radical (unpaired) electrons. The minimum absolute atomic E-state index is 0.0317. The van der Waals surface area contributed by atoms with Gasteiger partial charge in [-0.05, 0) is 41.4 Å². The zero-order chi connectivity index (χ0) is 13.3. The largest absolute Gasteiger partial charge is 0.380 e. The Morgan fingerprint density at radius 1 is 1.39 bits per heavy atom. The highest BCUT2D eigenvalue weighted by Gasteiger charge is 2.11. The Morgan fingerprint density at radius 2 is 2.11 bits per heavy atom. The highest BCUT2D eigenvalue weighted by atomic mass is 79.9. The molecule has 5 heteroatoms. The Bertz CT molecular complexity index is 635. The van der Waals surface area contributed by atoms with Crippen LogP contribution in [0.15, 0.2) is 27.6 Å². The summed E-state index contributed by atoms with van der Waals surface area (Å²) in [4.78, 5) is 12.3. The molecular weight excluding hydrogens is 296 g/mol. The summed E-state index contributed by atoms with van der Waals surface area (Å²) in [5.41, 5.74) is 0.914. The fraction of sp³-hybridized carbons (Fsp3) is 0.385. The van der Waals surface area contributed by atoms with Gasteiger partial charge in [-0.25, -0.2) is 4.68 Å².